The van der Waals surface area contributed by atoms with E-state index >= 15 is 0 Å². The van der Waals surface area contributed by atoms with Gasteiger partial charge in [-0.05, 0) is 12.1 Å². The van der Waals surface area contributed by atoms with Gasteiger partial charge in [0.15, 0.2) is 0 Å². The van der Waals surface area contributed by atoms with Gasteiger partial charge in [-0.25, -0.2) is 8.42 Å². The summed E-state index contributed by atoms with van der Waals surface area (Å²) in [5, 5.41) is 10.7. The van der Waals surface area contributed by atoms with Gasteiger partial charge in [0.2, 0.25) is 21.8 Å². The molecule has 2 aliphatic heterocycles. The molecule has 0 aromatic heterocycles. The molecular formula is C15H18N4O6S. The fourth-order valence-corrected chi connectivity index (χ4v) is 4.57. The number of nitro benzene ring substituents is 1. The summed E-state index contributed by atoms with van der Waals surface area (Å²) < 4.78 is 26.4. The highest BCUT2D eigenvalue weighted by Gasteiger charge is 2.39. The van der Waals surface area contributed by atoms with Crippen molar-refractivity contribution in [3.63, 3.8) is 0 Å². The maximum atomic E-state index is 12.7. The summed E-state index contributed by atoms with van der Waals surface area (Å²) in [5.74, 6) is -0.390. The van der Waals surface area contributed by atoms with Crippen molar-refractivity contribution < 1.29 is 22.9 Å². The number of hydrogen-bond donors (Lipinski definition) is 0. The second-order valence-electron chi connectivity index (χ2n) is 6.31. The Kier molecular flexibility index (Phi) is 4.67. The van der Waals surface area contributed by atoms with Crippen molar-refractivity contribution >= 4 is 27.5 Å². The zero-order valence-electron chi connectivity index (χ0n) is 14.1. The van der Waals surface area contributed by atoms with Crippen LogP contribution in [-0.4, -0.2) is 78.5 Å². The zero-order valence-corrected chi connectivity index (χ0v) is 14.9. The standard InChI is InChI=1S/C15H18N4O6S/c1-16-9-12(8-14(16)20)18-7-6-17(10-15(18)21)26(24,25)13-4-2-11(3-5-13)19(22)23/h2-5,12H,6-10H2,1H3/t12-/m0/s1. The Morgan fingerprint density at radius 1 is 1.12 bits per heavy atom. The molecule has 0 saturated carbocycles. The van der Waals surface area contributed by atoms with Crippen molar-refractivity contribution in [1.29, 1.82) is 0 Å². The van der Waals surface area contributed by atoms with Gasteiger partial charge in [0, 0.05) is 45.2 Å². The topological polar surface area (TPSA) is 121 Å². The van der Waals surface area contributed by atoms with Crippen molar-refractivity contribution in [1.82, 2.24) is 14.1 Å². The fourth-order valence-electron chi connectivity index (χ4n) is 3.19. The van der Waals surface area contributed by atoms with Crippen molar-refractivity contribution in [3.05, 3.63) is 34.4 Å². The van der Waals surface area contributed by atoms with E-state index in [4.69, 9.17) is 0 Å². The smallest absolute Gasteiger partial charge is 0.269 e. The van der Waals surface area contributed by atoms with Gasteiger partial charge in [-0.15, -0.1) is 0 Å². The Morgan fingerprint density at radius 3 is 2.27 bits per heavy atom. The number of nitrogens with zero attached hydrogens (tertiary/aromatic N) is 4. The van der Waals surface area contributed by atoms with E-state index < -0.39 is 14.9 Å². The molecule has 11 heteroatoms. The number of amides is 2. The molecule has 0 spiro atoms. The van der Waals surface area contributed by atoms with Crippen molar-refractivity contribution in [2.24, 2.45) is 0 Å². The van der Waals surface area contributed by atoms with Crippen LogP contribution >= 0.6 is 0 Å². The lowest BCUT2D eigenvalue weighted by molar-refractivity contribution is -0.384. The van der Waals surface area contributed by atoms with Crippen LogP contribution in [0.25, 0.3) is 0 Å². The number of rotatable bonds is 4. The van der Waals surface area contributed by atoms with Crippen LogP contribution in [0, 0.1) is 10.1 Å². The summed E-state index contributed by atoms with van der Waals surface area (Å²) in [6, 6.07) is 4.32. The molecule has 0 N–H and O–H groups in total. The van der Waals surface area contributed by atoms with E-state index in [1.165, 1.54) is 0 Å². The molecule has 0 aliphatic carbocycles. The molecule has 3 rings (SSSR count). The Morgan fingerprint density at radius 2 is 1.77 bits per heavy atom. The number of hydrogen-bond acceptors (Lipinski definition) is 6. The van der Waals surface area contributed by atoms with Crippen molar-refractivity contribution in [3.8, 4) is 0 Å². The number of carbonyl (C=O) groups excluding carboxylic acids is 2. The number of non-ortho nitro benzene ring substituents is 1. The lowest BCUT2D eigenvalue weighted by Crippen LogP contribution is -2.55. The molecule has 2 saturated heterocycles. The quantitative estimate of drug-likeness (QED) is 0.519. The number of sulfonamides is 1. The molecule has 140 valence electrons. The van der Waals surface area contributed by atoms with Crippen LogP contribution in [0.2, 0.25) is 0 Å². The molecule has 0 bridgehead atoms. The van der Waals surface area contributed by atoms with Crippen molar-refractivity contribution in [2.75, 3.05) is 33.2 Å². The maximum absolute atomic E-state index is 12.7. The second kappa shape index (κ2) is 6.65. The van der Waals surface area contributed by atoms with Gasteiger partial charge in [0.1, 0.15) is 0 Å². The molecule has 1 aromatic carbocycles. The average molecular weight is 382 g/mol. The molecule has 0 unspecified atom stereocenters. The maximum Gasteiger partial charge on any atom is 0.269 e. The normalized spacial score (nSPS) is 22.1. The number of likely N-dealkylation sites (N-methyl/N-ethyl adjacent to an activating group) is 1. The minimum absolute atomic E-state index is 0.0382. The summed E-state index contributed by atoms with van der Waals surface area (Å²) in [6.07, 6.45) is 0.247. The second-order valence-corrected chi connectivity index (χ2v) is 8.25. The molecule has 26 heavy (non-hydrogen) atoms. The number of benzene rings is 1. The zero-order chi connectivity index (χ0) is 19.1. The third-order valence-electron chi connectivity index (χ3n) is 4.67. The first-order valence-corrected chi connectivity index (χ1v) is 9.42. The summed E-state index contributed by atoms with van der Waals surface area (Å²) >= 11 is 0. The van der Waals surface area contributed by atoms with Crippen LogP contribution in [0.5, 0.6) is 0 Å². The van der Waals surface area contributed by atoms with Crippen LogP contribution < -0.4 is 0 Å². The summed E-state index contributed by atoms with van der Waals surface area (Å²) in [5.41, 5.74) is -0.208. The van der Waals surface area contributed by atoms with Crippen LogP contribution in [-0.2, 0) is 19.6 Å². The average Bonchev–Trinajstić information content (AvgIpc) is 2.93. The number of piperazine rings is 1. The molecular weight excluding hydrogens is 364 g/mol. The highest BCUT2D eigenvalue weighted by Crippen LogP contribution is 2.23. The lowest BCUT2D eigenvalue weighted by Gasteiger charge is -2.36. The molecule has 1 aromatic rings. The summed E-state index contributed by atoms with van der Waals surface area (Å²) in [6.45, 7) is 0.448. The van der Waals surface area contributed by atoms with Gasteiger partial charge in [0.25, 0.3) is 5.69 Å². The monoisotopic (exact) mass is 382 g/mol. The predicted molar refractivity (Wildman–Crippen MR) is 89.6 cm³/mol. The molecule has 10 nitrogen and oxygen atoms in total. The first kappa shape index (κ1) is 18.3. The van der Waals surface area contributed by atoms with E-state index in [9.17, 15) is 28.1 Å². The van der Waals surface area contributed by atoms with Gasteiger partial charge in [-0.3, -0.25) is 19.7 Å². The van der Waals surface area contributed by atoms with E-state index in [-0.39, 0.29) is 54.5 Å². The van der Waals surface area contributed by atoms with E-state index in [0.29, 0.717) is 6.54 Å². The SMILES string of the molecule is CN1C[C@@H](N2CCN(S(=O)(=O)c3ccc([N+](=O)[O-])cc3)CC2=O)CC1=O. The minimum Gasteiger partial charge on any atom is -0.344 e. The van der Waals surface area contributed by atoms with Gasteiger partial charge >= 0.3 is 0 Å². The van der Waals surface area contributed by atoms with Crippen LogP contribution in [0.4, 0.5) is 5.69 Å². The Bertz CT molecular complexity index is 853. The lowest BCUT2D eigenvalue weighted by atomic mass is 10.2. The highest BCUT2D eigenvalue weighted by atomic mass is 32.2. The van der Waals surface area contributed by atoms with E-state index in [2.05, 4.69) is 0 Å². The van der Waals surface area contributed by atoms with Gasteiger partial charge in [-0.2, -0.15) is 4.31 Å². The van der Waals surface area contributed by atoms with E-state index in [1.807, 2.05) is 0 Å². The molecule has 1 atom stereocenters. The van der Waals surface area contributed by atoms with E-state index in [0.717, 1.165) is 28.6 Å². The Balaban J connectivity index is 1.72. The van der Waals surface area contributed by atoms with Crippen LogP contribution in [0.1, 0.15) is 6.42 Å². The molecule has 0 radical (unpaired) electrons. The first-order chi connectivity index (χ1) is 12.2. The first-order valence-electron chi connectivity index (χ1n) is 7.98. The van der Waals surface area contributed by atoms with Crippen LogP contribution in [0.15, 0.2) is 29.2 Å². The molecule has 2 heterocycles. The summed E-state index contributed by atoms with van der Waals surface area (Å²) in [4.78, 5) is 37.2. The number of carbonyl (C=O) groups is 2. The minimum atomic E-state index is -3.92. The Labute approximate surface area is 150 Å². The predicted octanol–water partition coefficient (Wildman–Crippen LogP) is -0.342. The third kappa shape index (κ3) is 3.27. The van der Waals surface area contributed by atoms with E-state index in [1.54, 1.807) is 16.8 Å². The fraction of sp³-hybridized carbons (Fsp3) is 0.467. The summed E-state index contributed by atoms with van der Waals surface area (Å²) in [7, 11) is -2.25. The highest BCUT2D eigenvalue weighted by molar-refractivity contribution is 7.89. The van der Waals surface area contributed by atoms with Gasteiger partial charge in [0.05, 0.1) is 22.4 Å². The van der Waals surface area contributed by atoms with Crippen molar-refractivity contribution in [2.45, 2.75) is 17.4 Å². The third-order valence-corrected chi connectivity index (χ3v) is 6.53. The van der Waals surface area contributed by atoms with Gasteiger partial charge in [-0.1, -0.05) is 0 Å². The molecule has 2 amide bonds. The number of likely N-dealkylation sites (tertiary alicyclic amines) is 1. The molecule has 2 fully saturated rings. The number of nitro groups is 1. The van der Waals surface area contributed by atoms with Crippen LogP contribution in [0.3, 0.4) is 0 Å². The Hall–Kier alpha value is -2.53. The largest absolute Gasteiger partial charge is 0.344 e. The van der Waals surface area contributed by atoms with Gasteiger partial charge < -0.3 is 9.80 Å². The molecule has 2 aliphatic rings.